The standard InChI is InChI=1S/C13H11BrF2N2/c1-8-2-3-9(6-17-8)7-18-13-11(15)4-10(14)5-12(13)16/h2-6,18H,7H2,1H3. The van der Waals surface area contributed by atoms with Gasteiger partial charge >= 0.3 is 0 Å². The van der Waals surface area contributed by atoms with E-state index in [1.807, 2.05) is 19.1 Å². The molecule has 0 bridgehead atoms. The molecule has 0 radical (unpaired) electrons. The molecular formula is C13H11BrF2N2. The number of halogens is 3. The summed E-state index contributed by atoms with van der Waals surface area (Å²) in [5.41, 5.74) is 1.64. The van der Waals surface area contributed by atoms with E-state index >= 15 is 0 Å². The van der Waals surface area contributed by atoms with E-state index in [0.717, 1.165) is 11.3 Å². The van der Waals surface area contributed by atoms with Crippen LogP contribution in [-0.4, -0.2) is 4.98 Å². The van der Waals surface area contributed by atoms with E-state index < -0.39 is 11.6 Å². The molecule has 2 aromatic rings. The molecule has 2 rings (SSSR count). The largest absolute Gasteiger partial charge is 0.376 e. The SMILES string of the molecule is Cc1ccc(CNc2c(F)cc(Br)cc2F)cn1. The number of nitrogens with zero attached hydrogens (tertiary/aromatic N) is 1. The van der Waals surface area contributed by atoms with Crippen molar-refractivity contribution in [2.45, 2.75) is 13.5 Å². The van der Waals surface area contributed by atoms with Crippen LogP contribution < -0.4 is 5.32 Å². The van der Waals surface area contributed by atoms with Crippen LogP contribution in [0.25, 0.3) is 0 Å². The highest BCUT2D eigenvalue weighted by molar-refractivity contribution is 9.10. The van der Waals surface area contributed by atoms with Crippen LogP contribution in [0.5, 0.6) is 0 Å². The molecule has 94 valence electrons. The molecular weight excluding hydrogens is 302 g/mol. The number of anilines is 1. The maximum absolute atomic E-state index is 13.5. The average molecular weight is 313 g/mol. The molecule has 2 nitrogen and oxygen atoms in total. The molecule has 0 saturated carbocycles. The summed E-state index contributed by atoms with van der Waals surface area (Å²) >= 11 is 3.03. The maximum Gasteiger partial charge on any atom is 0.150 e. The van der Waals surface area contributed by atoms with Crippen LogP contribution in [0, 0.1) is 18.6 Å². The molecule has 5 heteroatoms. The molecule has 0 spiro atoms. The predicted octanol–water partition coefficient (Wildman–Crippen LogP) is 4.04. The molecule has 1 aromatic carbocycles. The quantitative estimate of drug-likeness (QED) is 0.925. The molecule has 18 heavy (non-hydrogen) atoms. The fraction of sp³-hybridized carbons (Fsp3) is 0.154. The van der Waals surface area contributed by atoms with Crippen LogP contribution in [0.4, 0.5) is 14.5 Å². The minimum Gasteiger partial charge on any atom is -0.376 e. The van der Waals surface area contributed by atoms with E-state index in [2.05, 4.69) is 26.2 Å². The smallest absolute Gasteiger partial charge is 0.150 e. The Morgan fingerprint density at radius 2 is 1.89 bits per heavy atom. The lowest BCUT2D eigenvalue weighted by Gasteiger charge is -2.09. The zero-order valence-corrected chi connectivity index (χ0v) is 11.3. The van der Waals surface area contributed by atoms with Gasteiger partial charge in [0.25, 0.3) is 0 Å². The number of aryl methyl sites for hydroxylation is 1. The molecule has 0 aliphatic carbocycles. The Kier molecular flexibility index (Phi) is 3.91. The first kappa shape index (κ1) is 13.0. The molecule has 0 unspecified atom stereocenters. The fourth-order valence-electron chi connectivity index (χ4n) is 1.50. The van der Waals surface area contributed by atoms with Gasteiger partial charge in [-0.2, -0.15) is 0 Å². The molecule has 1 heterocycles. The van der Waals surface area contributed by atoms with Crippen molar-refractivity contribution >= 4 is 21.6 Å². The predicted molar refractivity (Wildman–Crippen MR) is 70.4 cm³/mol. The van der Waals surface area contributed by atoms with Crippen molar-refractivity contribution in [1.82, 2.24) is 4.98 Å². The minimum absolute atomic E-state index is 0.126. The van der Waals surface area contributed by atoms with Crippen molar-refractivity contribution in [3.05, 3.63) is 57.8 Å². The Balaban J connectivity index is 2.13. The zero-order chi connectivity index (χ0) is 13.1. The lowest BCUT2D eigenvalue weighted by Crippen LogP contribution is -2.04. The van der Waals surface area contributed by atoms with Gasteiger partial charge in [-0.15, -0.1) is 0 Å². The first-order chi connectivity index (χ1) is 8.56. The summed E-state index contributed by atoms with van der Waals surface area (Å²) in [6.07, 6.45) is 1.68. The lowest BCUT2D eigenvalue weighted by atomic mass is 10.2. The summed E-state index contributed by atoms with van der Waals surface area (Å²) in [6.45, 7) is 2.20. The first-order valence-corrected chi connectivity index (χ1v) is 6.15. The number of benzene rings is 1. The number of hydrogen-bond donors (Lipinski definition) is 1. The molecule has 0 aliphatic rings. The number of pyridine rings is 1. The van der Waals surface area contributed by atoms with Gasteiger partial charge in [-0.25, -0.2) is 8.78 Å². The van der Waals surface area contributed by atoms with Crippen LogP contribution >= 0.6 is 15.9 Å². The molecule has 0 fully saturated rings. The van der Waals surface area contributed by atoms with E-state index in [1.54, 1.807) is 6.20 Å². The molecule has 0 amide bonds. The lowest BCUT2D eigenvalue weighted by molar-refractivity contribution is 0.586. The van der Waals surface area contributed by atoms with E-state index in [4.69, 9.17) is 0 Å². The summed E-state index contributed by atoms with van der Waals surface area (Å²) in [6, 6.07) is 6.16. The number of rotatable bonds is 3. The monoisotopic (exact) mass is 312 g/mol. The normalized spacial score (nSPS) is 10.4. The third-order valence-electron chi connectivity index (χ3n) is 2.45. The Morgan fingerprint density at radius 1 is 1.22 bits per heavy atom. The van der Waals surface area contributed by atoms with Gasteiger partial charge in [0.05, 0.1) is 0 Å². The number of aromatic nitrogens is 1. The van der Waals surface area contributed by atoms with E-state index in [0.29, 0.717) is 11.0 Å². The zero-order valence-electron chi connectivity index (χ0n) is 9.67. The van der Waals surface area contributed by atoms with Gasteiger partial charge < -0.3 is 5.32 Å². The van der Waals surface area contributed by atoms with Gasteiger partial charge in [0.15, 0.2) is 0 Å². The van der Waals surface area contributed by atoms with Gasteiger partial charge in [-0.1, -0.05) is 22.0 Å². The molecule has 0 saturated heterocycles. The van der Waals surface area contributed by atoms with Gasteiger partial charge in [0.1, 0.15) is 17.3 Å². The minimum atomic E-state index is -0.623. The fourth-order valence-corrected chi connectivity index (χ4v) is 1.91. The van der Waals surface area contributed by atoms with E-state index in [-0.39, 0.29) is 5.69 Å². The van der Waals surface area contributed by atoms with Gasteiger partial charge in [-0.05, 0) is 30.7 Å². The third kappa shape index (κ3) is 3.04. The Bertz CT molecular complexity index is 532. The van der Waals surface area contributed by atoms with Gasteiger partial charge in [-0.3, -0.25) is 4.98 Å². The second kappa shape index (κ2) is 5.44. The third-order valence-corrected chi connectivity index (χ3v) is 2.91. The second-order valence-electron chi connectivity index (χ2n) is 3.91. The Morgan fingerprint density at radius 3 is 2.44 bits per heavy atom. The van der Waals surface area contributed by atoms with Crippen LogP contribution in [0.3, 0.4) is 0 Å². The van der Waals surface area contributed by atoms with Crippen molar-refractivity contribution in [3.8, 4) is 0 Å². The first-order valence-electron chi connectivity index (χ1n) is 5.36. The number of hydrogen-bond acceptors (Lipinski definition) is 2. The van der Waals surface area contributed by atoms with Crippen molar-refractivity contribution < 1.29 is 8.78 Å². The Hall–Kier alpha value is -1.49. The molecule has 1 aromatic heterocycles. The Labute approximate surface area is 112 Å². The van der Waals surface area contributed by atoms with Crippen molar-refractivity contribution in [1.29, 1.82) is 0 Å². The van der Waals surface area contributed by atoms with Crippen LogP contribution in [-0.2, 0) is 6.54 Å². The molecule has 0 atom stereocenters. The number of nitrogens with one attached hydrogen (secondary N) is 1. The van der Waals surface area contributed by atoms with Crippen molar-refractivity contribution in [2.75, 3.05) is 5.32 Å². The van der Waals surface area contributed by atoms with Crippen molar-refractivity contribution in [3.63, 3.8) is 0 Å². The van der Waals surface area contributed by atoms with Gasteiger partial charge in [0.2, 0.25) is 0 Å². The molecule has 0 aliphatic heterocycles. The topological polar surface area (TPSA) is 24.9 Å². The van der Waals surface area contributed by atoms with Crippen LogP contribution in [0.15, 0.2) is 34.9 Å². The second-order valence-corrected chi connectivity index (χ2v) is 4.82. The van der Waals surface area contributed by atoms with Crippen LogP contribution in [0.2, 0.25) is 0 Å². The maximum atomic E-state index is 13.5. The van der Waals surface area contributed by atoms with Gasteiger partial charge in [0, 0.05) is 22.9 Å². The highest BCUT2D eigenvalue weighted by Gasteiger charge is 2.09. The summed E-state index contributed by atoms with van der Waals surface area (Å²) in [4.78, 5) is 4.12. The van der Waals surface area contributed by atoms with Crippen LogP contribution in [0.1, 0.15) is 11.3 Å². The highest BCUT2D eigenvalue weighted by Crippen LogP contribution is 2.24. The highest BCUT2D eigenvalue weighted by atomic mass is 79.9. The average Bonchev–Trinajstić information content (AvgIpc) is 2.30. The summed E-state index contributed by atoms with van der Waals surface area (Å²) < 4.78 is 27.4. The molecule has 1 N–H and O–H groups in total. The van der Waals surface area contributed by atoms with Crippen molar-refractivity contribution in [2.24, 2.45) is 0 Å². The van der Waals surface area contributed by atoms with E-state index in [1.165, 1.54) is 12.1 Å². The van der Waals surface area contributed by atoms with E-state index in [9.17, 15) is 8.78 Å². The summed E-state index contributed by atoms with van der Waals surface area (Å²) in [5.74, 6) is -1.25. The summed E-state index contributed by atoms with van der Waals surface area (Å²) in [5, 5.41) is 2.73. The summed E-state index contributed by atoms with van der Waals surface area (Å²) in [7, 11) is 0.